The van der Waals surface area contributed by atoms with Crippen molar-refractivity contribution in [1.29, 1.82) is 0 Å². The Bertz CT molecular complexity index is 765. The molecule has 0 atom stereocenters. The van der Waals surface area contributed by atoms with Crippen LogP contribution in [0, 0.1) is 6.92 Å². The molecule has 0 fully saturated rings. The highest BCUT2D eigenvalue weighted by Crippen LogP contribution is 2.29. The molecule has 0 spiro atoms. The summed E-state index contributed by atoms with van der Waals surface area (Å²) in [6, 6.07) is 5.96. The van der Waals surface area contributed by atoms with E-state index in [1.54, 1.807) is 19.5 Å². The Balaban J connectivity index is 2.21. The van der Waals surface area contributed by atoms with Crippen molar-refractivity contribution >= 4 is 5.65 Å². The summed E-state index contributed by atoms with van der Waals surface area (Å²) in [5.41, 5.74) is 4.29. The van der Waals surface area contributed by atoms with Gasteiger partial charge in [-0.15, -0.1) is 0 Å². The van der Waals surface area contributed by atoms with Gasteiger partial charge in [0.1, 0.15) is 5.75 Å². The molecule has 0 amide bonds. The number of aliphatic hydroxyl groups excluding tert-OH is 1. The van der Waals surface area contributed by atoms with Gasteiger partial charge < -0.3 is 9.84 Å². The first-order valence-corrected chi connectivity index (χ1v) is 6.31. The number of fused-ring (bicyclic) bond motifs is 1. The minimum absolute atomic E-state index is 0.0599. The van der Waals surface area contributed by atoms with Crippen LogP contribution in [0.5, 0.6) is 5.75 Å². The van der Waals surface area contributed by atoms with E-state index in [0.29, 0.717) is 5.65 Å². The lowest BCUT2D eigenvalue weighted by Crippen LogP contribution is -1.97. The van der Waals surface area contributed by atoms with Crippen LogP contribution in [0.3, 0.4) is 0 Å². The van der Waals surface area contributed by atoms with Gasteiger partial charge in [0.2, 0.25) is 0 Å². The van der Waals surface area contributed by atoms with E-state index < -0.39 is 0 Å². The summed E-state index contributed by atoms with van der Waals surface area (Å²) in [6.45, 7) is 1.97. The summed E-state index contributed by atoms with van der Waals surface area (Å²) >= 11 is 0. The van der Waals surface area contributed by atoms with E-state index in [1.807, 2.05) is 35.7 Å². The average molecular weight is 269 g/mol. The third kappa shape index (κ3) is 2.02. The van der Waals surface area contributed by atoms with Gasteiger partial charge >= 0.3 is 0 Å². The van der Waals surface area contributed by atoms with Crippen molar-refractivity contribution in [2.45, 2.75) is 13.5 Å². The molecular formula is C15H15N3O2. The number of methoxy groups -OCH3 is 1. The summed E-state index contributed by atoms with van der Waals surface area (Å²) in [7, 11) is 1.64. The molecule has 3 rings (SSSR count). The number of rotatable bonds is 3. The van der Waals surface area contributed by atoms with Gasteiger partial charge in [0.05, 0.1) is 37.5 Å². The molecule has 2 aromatic heterocycles. The Hall–Kier alpha value is -2.40. The number of aryl methyl sites for hydroxylation is 1. The smallest absolute Gasteiger partial charge is 0.155 e. The fourth-order valence-corrected chi connectivity index (χ4v) is 2.22. The zero-order valence-electron chi connectivity index (χ0n) is 11.4. The van der Waals surface area contributed by atoms with Crippen molar-refractivity contribution in [3.05, 3.63) is 48.0 Å². The number of aliphatic hydroxyl groups is 1. The van der Waals surface area contributed by atoms with Crippen LogP contribution in [0.1, 0.15) is 11.3 Å². The SMILES string of the molecule is COc1ccc(C)cc1-c1cn2c(CO)cnc2cn1. The van der Waals surface area contributed by atoms with E-state index in [1.165, 1.54) is 0 Å². The molecule has 0 aliphatic rings. The second kappa shape index (κ2) is 4.94. The Morgan fingerprint density at radius 3 is 2.85 bits per heavy atom. The number of aromatic nitrogens is 3. The topological polar surface area (TPSA) is 59.7 Å². The monoisotopic (exact) mass is 269 g/mol. The van der Waals surface area contributed by atoms with E-state index in [0.717, 1.165) is 28.3 Å². The number of ether oxygens (including phenoxy) is 1. The molecule has 3 aromatic rings. The first kappa shape index (κ1) is 12.6. The van der Waals surface area contributed by atoms with Crippen LogP contribution in [0.4, 0.5) is 0 Å². The molecule has 0 saturated carbocycles. The summed E-state index contributed by atoms with van der Waals surface area (Å²) < 4.78 is 7.23. The lowest BCUT2D eigenvalue weighted by Gasteiger charge is -2.09. The third-order valence-electron chi connectivity index (χ3n) is 3.27. The average Bonchev–Trinajstić information content (AvgIpc) is 2.89. The van der Waals surface area contributed by atoms with E-state index in [4.69, 9.17) is 4.74 Å². The standard InChI is InChI=1S/C15H15N3O2/c1-10-3-4-14(20-2)12(5-10)13-8-18-11(9-19)6-17-15(18)7-16-13/h3-8,19H,9H2,1-2H3. The fourth-order valence-electron chi connectivity index (χ4n) is 2.22. The summed E-state index contributed by atoms with van der Waals surface area (Å²) in [4.78, 5) is 8.62. The molecule has 0 radical (unpaired) electrons. The van der Waals surface area contributed by atoms with E-state index >= 15 is 0 Å². The largest absolute Gasteiger partial charge is 0.496 e. The maximum absolute atomic E-state index is 9.32. The van der Waals surface area contributed by atoms with Crippen molar-refractivity contribution in [1.82, 2.24) is 14.4 Å². The number of nitrogens with zero attached hydrogens (tertiary/aromatic N) is 3. The molecule has 2 heterocycles. The molecule has 0 bridgehead atoms. The molecule has 102 valence electrons. The predicted octanol–water partition coefficient (Wildman–Crippen LogP) is 2.21. The van der Waals surface area contributed by atoms with Crippen LogP contribution in [0.25, 0.3) is 16.9 Å². The highest BCUT2D eigenvalue weighted by molar-refractivity contribution is 5.68. The van der Waals surface area contributed by atoms with Gasteiger partial charge in [-0.25, -0.2) is 4.98 Å². The lowest BCUT2D eigenvalue weighted by molar-refractivity contribution is 0.276. The summed E-state index contributed by atoms with van der Waals surface area (Å²) in [5.74, 6) is 0.771. The first-order chi connectivity index (χ1) is 9.72. The second-order valence-electron chi connectivity index (χ2n) is 4.61. The fraction of sp³-hybridized carbons (Fsp3) is 0.200. The minimum Gasteiger partial charge on any atom is -0.496 e. The van der Waals surface area contributed by atoms with E-state index in [2.05, 4.69) is 9.97 Å². The normalized spacial score (nSPS) is 10.9. The zero-order valence-corrected chi connectivity index (χ0v) is 11.4. The highest BCUT2D eigenvalue weighted by Gasteiger charge is 2.10. The molecule has 1 N–H and O–H groups in total. The Morgan fingerprint density at radius 2 is 2.10 bits per heavy atom. The van der Waals surface area contributed by atoms with Crippen LogP contribution in [-0.2, 0) is 6.61 Å². The molecule has 1 aromatic carbocycles. The Kier molecular flexibility index (Phi) is 3.12. The number of hydrogen-bond donors (Lipinski definition) is 1. The Morgan fingerprint density at radius 1 is 1.25 bits per heavy atom. The van der Waals surface area contributed by atoms with Crippen LogP contribution >= 0.6 is 0 Å². The molecule has 5 nitrogen and oxygen atoms in total. The quantitative estimate of drug-likeness (QED) is 0.792. The molecule has 0 saturated heterocycles. The van der Waals surface area contributed by atoms with Gasteiger partial charge in [0.25, 0.3) is 0 Å². The number of hydrogen-bond acceptors (Lipinski definition) is 4. The molecular weight excluding hydrogens is 254 g/mol. The number of imidazole rings is 1. The van der Waals surface area contributed by atoms with E-state index in [9.17, 15) is 5.11 Å². The van der Waals surface area contributed by atoms with Gasteiger partial charge in [-0.1, -0.05) is 11.6 Å². The van der Waals surface area contributed by atoms with Crippen LogP contribution < -0.4 is 4.74 Å². The maximum atomic E-state index is 9.32. The van der Waals surface area contributed by atoms with Crippen molar-refractivity contribution in [3.8, 4) is 17.0 Å². The molecule has 0 aliphatic carbocycles. The van der Waals surface area contributed by atoms with Crippen LogP contribution in [0.15, 0.2) is 36.8 Å². The molecule has 0 aliphatic heterocycles. The van der Waals surface area contributed by atoms with Gasteiger partial charge in [0.15, 0.2) is 5.65 Å². The van der Waals surface area contributed by atoms with Crippen LogP contribution in [0.2, 0.25) is 0 Å². The van der Waals surface area contributed by atoms with Crippen molar-refractivity contribution in [2.24, 2.45) is 0 Å². The minimum atomic E-state index is -0.0599. The lowest BCUT2D eigenvalue weighted by atomic mass is 10.1. The molecule has 20 heavy (non-hydrogen) atoms. The summed E-state index contributed by atoms with van der Waals surface area (Å²) in [5, 5.41) is 9.32. The number of benzene rings is 1. The molecule has 5 heteroatoms. The van der Waals surface area contributed by atoms with Gasteiger partial charge in [-0.2, -0.15) is 0 Å². The van der Waals surface area contributed by atoms with Crippen molar-refractivity contribution in [2.75, 3.05) is 7.11 Å². The first-order valence-electron chi connectivity index (χ1n) is 6.31. The Labute approximate surface area is 116 Å². The van der Waals surface area contributed by atoms with Crippen molar-refractivity contribution in [3.63, 3.8) is 0 Å². The molecule has 0 unspecified atom stereocenters. The predicted molar refractivity (Wildman–Crippen MR) is 75.6 cm³/mol. The van der Waals surface area contributed by atoms with Gasteiger partial charge in [0, 0.05) is 11.8 Å². The summed E-state index contributed by atoms with van der Waals surface area (Å²) in [6.07, 6.45) is 5.20. The third-order valence-corrected chi connectivity index (χ3v) is 3.27. The van der Waals surface area contributed by atoms with Crippen molar-refractivity contribution < 1.29 is 9.84 Å². The van der Waals surface area contributed by atoms with E-state index in [-0.39, 0.29) is 6.61 Å². The zero-order chi connectivity index (χ0) is 14.1. The second-order valence-corrected chi connectivity index (χ2v) is 4.61. The highest BCUT2D eigenvalue weighted by atomic mass is 16.5. The maximum Gasteiger partial charge on any atom is 0.155 e. The van der Waals surface area contributed by atoms with Gasteiger partial charge in [-0.3, -0.25) is 9.38 Å². The van der Waals surface area contributed by atoms with Crippen LogP contribution in [-0.4, -0.2) is 26.6 Å². The van der Waals surface area contributed by atoms with Gasteiger partial charge in [-0.05, 0) is 19.1 Å².